The zero-order valence-electron chi connectivity index (χ0n) is 15.1. The molecule has 0 N–H and O–H groups in total. The monoisotopic (exact) mass is 336 g/mol. The van der Waals surface area contributed by atoms with E-state index in [0.29, 0.717) is 38.9 Å². The third-order valence-electron chi connectivity index (χ3n) is 3.06. The molecule has 1 aromatic rings. The molecular formula is C19H28O5. The van der Waals surface area contributed by atoms with E-state index in [4.69, 9.17) is 14.2 Å². The lowest BCUT2D eigenvalue weighted by Gasteiger charge is -2.19. The van der Waals surface area contributed by atoms with Crippen LogP contribution in [0.2, 0.25) is 0 Å². The Morgan fingerprint density at radius 3 is 2.25 bits per heavy atom. The zero-order valence-corrected chi connectivity index (χ0v) is 15.1. The Balaban J connectivity index is 2.28. The fraction of sp³-hybridized carbons (Fsp3) is 0.579. The molecule has 0 amide bonds. The lowest BCUT2D eigenvalue weighted by atomic mass is 10.1. The molecule has 0 bridgehead atoms. The van der Waals surface area contributed by atoms with Gasteiger partial charge in [0.2, 0.25) is 0 Å². The molecule has 0 radical (unpaired) electrons. The second-order valence-corrected chi connectivity index (χ2v) is 6.49. The van der Waals surface area contributed by atoms with Crippen molar-refractivity contribution in [3.8, 4) is 5.75 Å². The van der Waals surface area contributed by atoms with Crippen LogP contribution in [0.5, 0.6) is 5.75 Å². The van der Waals surface area contributed by atoms with E-state index in [2.05, 4.69) is 0 Å². The Labute approximate surface area is 144 Å². The molecule has 1 aromatic carbocycles. The summed E-state index contributed by atoms with van der Waals surface area (Å²) in [6, 6.07) is 7.61. The summed E-state index contributed by atoms with van der Waals surface area (Å²) in [5.74, 6) is 0.361. The highest BCUT2D eigenvalue weighted by atomic mass is 16.6. The molecule has 0 saturated carbocycles. The van der Waals surface area contributed by atoms with Gasteiger partial charge in [0.05, 0.1) is 13.2 Å². The van der Waals surface area contributed by atoms with Crippen LogP contribution in [0.4, 0.5) is 0 Å². The van der Waals surface area contributed by atoms with Crippen molar-refractivity contribution in [2.75, 3.05) is 13.2 Å². The van der Waals surface area contributed by atoms with Crippen molar-refractivity contribution in [2.24, 2.45) is 0 Å². The summed E-state index contributed by atoms with van der Waals surface area (Å²) < 4.78 is 15.7. The third-order valence-corrected chi connectivity index (χ3v) is 3.06. The van der Waals surface area contributed by atoms with Crippen LogP contribution in [0.3, 0.4) is 0 Å². The highest BCUT2D eigenvalue weighted by molar-refractivity contribution is 5.70. The maximum atomic E-state index is 11.7. The molecule has 0 atom stereocenters. The summed E-state index contributed by atoms with van der Waals surface area (Å²) in [6.45, 7) is 8.25. The molecule has 1 rings (SSSR count). The first kappa shape index (κ1) is 20.0. The molecule has 0 aromatic heterocycles. The summed E-state index contributed by atoms with van der Waals surface area (Å²) in [5, 5.41) is 0. The van der Waals surface area contributed by atoms with Gasteiger partial charge < -0.3 is 14.2 Å². The lowest BCUT2D eigenvalue weighted by molar-refractivity contribution is -0.154. The largest absolute Gasteiger partial charge is 0.494 e. The molecule has 0 aliphatic rings. The van der Waals surface area contributed by atoms with E-state index in [0.717, 1.165) is 11.3 Å². The average molecular weight is 336 g/mol. The average Bonchev–Trinajstić information content (AvgIpc) is 2.49. The fourth-order valence-electron chi connectivity index (χ4n) is 2.03. The smallest absolute Gasteiger partial charge is 0.306 e. The van der Waals surface area contributed by atoms with Gasteiger partial charge in [0.1, 0.15) is 11.4 Å². The molecule has 0 aliphatic heterocycles. The van der Waals surface area contributed by atoms with E-state index < -0.39 is 5.60 Å². The molecule has 0 saturated heterocycles. The molecule has 134 valence electrons. The molecule has 0 fully saturated rings. The van der Waals surface area contributed by atoms with Crippen molar-refractivity contribution >= 4 is 11.9 Å². The van der Waals surface area contributed by atoms with Crippen molar-refractivity contribution in [1.82, 2.24) is 0 Å². The number of hydrogen-bond acceptors (Lipinski definition) is 5. The van der Waals surface area contributed by atoms with Gasteiger partial charge in [-0.25, -0.2) is 0 Å². The number of hydrogen-bond donors (Lipinski definition) is 0. The van der Waals surface area contributed by atoms with Crippen LogP contribution in [0.1, 0.15) is 52.5 Å². The minimum Gasteiger partial charge on any atom is -0.494 e. The van der Waals surface area contributed by atoms with Crippen LogP contribution in [-0.4, -0.2) is 30.8 Å². The van der Waals surface area contributed by atoms with Gasteiger partial charge in [-0.15, -0.1) is 0 Å². The first-order valence-electron chi connectivity index (χ1n) is 8.39. The van der Waals surface area contributed by atoms with Crippen molar-refractivity contribution in [1.29, 1.82) is 0 Å². The van der Waals surface area contributed by atoms with E-state index in [-0.39, 0.29) is 11.9 Å². The van der Waals surface area contributed by atoms with Crippen molar-refractivity contribution in [2.45, 2.75) is 59.0 Å². The Hall–Kier alpha value is -2.04. The Morgan fingerprint density at radius 1 is 1.00 bits per heavy atom. The Kier molecular flexibility index (Phi) is 8.30. The van der Waals surface area contributed by atoms with Crippen LogP contribution in [0.25, 0.3) is 0 Å². The zero-order chi connectivity index (χ0) is 18.0. The fourth-order valence-corrected chi connectivity index (χ4v) is 2.03. The predicted octanol–water partition coefficient (Wildman–Crippen LogP) is 3.68. The minimum absolute atomic E-state index is 0.193. The summed E-state index contributed by atoms with van der Waals surface area (Å²) in [6.07, 6.45) is 1.98. The molecule has 0 aliphatic carbocycles. The van der Waals surface area contributed by atoms with E-state index in [9.17, 15) is 9.59 Å². The van der Waals surface area contributed by atoms with Gasteiger partial charge in [-0.1, -0.05) is 12.1 Å². The molecule has 0 heterocycles. The molecule has 5 nitrogen and oxygen atoms in total. The molecule has 24 heavy (non-hydrogen) atoms. The number of aryl methyl sites for hydroxylation is 1. The van der Waals surface area contributed by atoms with E-state index >= 15 is 0 Å². The first-order chi connectivity index (χ1) is 11.3. The van der Waals surface area contributed by atoms with Crippen LogP contribution in [0, 0.1) is 0 Å². The standard InChI is InChI=1S/C19H28O5/c1-5-22-17(20)7-6-14-23-16-11-8-15(9-12-16)10-13-18(21)24-19(2,3)4/h8-9,11-12H,5-7,10,13-14H2,1-4H3. The second-order valence-electron chi connectivity index (χ2n) is 6.49. The third kappa shape index (κ3) is 9.18. The van der Waals surface area contributed by atoms with Crippen molar-refractivity contribution in [3.05, 3.63) is 29.8 Å². The van der Waals surface area contributed by atoms with Gasteiger partial charge >= 0.3 is 11.9 Å². The van der Waals surface area contributed by atoms with Crippen LogP contribution in [0.15, 0.2) is 24.3 Å². The number of benzene rings is 1. The normalized spacial score (nSPS) is 11.0. The van der Waals surface area contributed by atoms with Gasteiger partial charge in [0, 0.05) is 12.8 Å². The van der Waals surface area contributed by atoms with Crippen LogP contribution in [-0.2, 0) is 25.5 Å². The van der Waals surface area contributed by atoms with Crippen LogP contribution < -0.4 is 4.74 Å². The minimum atomic E-state index is -0.446. The Morgan fingerprint density at radius 2 is 1.67 bits per heavy atom. The van der Waals surface area contributed by atoms with Crippen molar-refractivity contribution < 1.29 is 23.8 Å². The van der Waals surface area contributed by atoms with E-state index in [1.807, 2.05) is 45.0 Å². The lowest BCUT2D eigenvalue weighted by Crippen LogP contribution is -2.23. The van der Waals surface area contributed by atoms with Gasteiger partial charge in [0.25, 0.3) is 0 Å². The maximum Gasteiger partial charge on any atom is 0.306 e. The molecule has 5 heteroatoms. The van der Waals surface area contributed by atoms with Gasteiger partial charge in [-0.05, 0) is 58.2 Å². The second kappa shape index (κ2) is 9.96. The van der Waals surface area contributed by atoms with E-state index in [1.54, 1.807) is 6.92 Å². The summed E-state index contributed by atoms with van der Waals surface area (Å²) in [7, 11) is 0. The quantitative estimate of drug-likeness (QED) is 0.508. The highest BCUT2D eigenvalue weighted by Crippen LogP contribution is 2.15. The SMILES string of the molecule is CCOC(=O)CCCOc1ccc(CCC(=O)OC(C)(C)C)cc1. The van der Waals surface area contributed by atoms with Gasteiger partial charge in [0.15, 0.2) is 0 Å². The Bertz CT molecular complexity index is 514. The number of rotatable bonds is 9. The summed E-state index contributed by atoms with van der Waals surface area (Å²) in [4.78, 5) is 22.9. The van der Waals surface area contributed by atoms with E-state index in [1.165, 1.54) is 0 Å². The first-order valence-corrected chi connectivity index (χ1v) is 8.39. The maximum absolute atomic E-state index is 11.7. The summed E-state index contributed by atoms with van der Waals surface area (Å²) in [5.41, 5.74) is 0.609. The number of carbonyl (C=O) groups is 2. The highest BCUT2D eigenvalue weighted by Gasteiger charge is 2.15. The van der Waals surface area contributed by atoms with Crippen molar-refractivity contribution in [3.63, 3.8) is 0 Å². The molecule has 0 unspecified atom stereocenters. The predicted molar refractivity (Wildman–Crippen MR) is 92.0 cm³/mol. The number of esters is 2. The van der Waals surface area contributed by atoms with Crippen LogP contribution >= 0.6 is 0 Å². The summed E-state index contributed by atoms with van der Waals surface area (Å²) >= 11 is 0. The molecular weight excluding hydrogens is 308 g/mol. The molecule has 0 spiro atoms. The number of ether oxygens (including phenoxy) is 3. The number of carbonyl (C=O) groups excluding carboxylic acids is 2. The van der Waals surface area contributed by atoms with Gasteiger partial charge in [-0.2, -0.15) is 0 Å². The topological polar surface area (TPSA) is 61.8 Å². The van der Waals surface area contributed by atoms with Gasteiger partial charge in [-0.3, -0.25) is 9.59 Å².